The van der Waals surface area contributed by atoms with Crippen LogP contribution in [0.2, 0.25) is 0 Å². The highest BCUT2D eigenvalue weighted by Crippen LogP contribution is 2.19. The van der Waals surface area contributed by atoms with Crippen molar-refractivity contribution >= 4 is 16.7 Å². The van der Waals surface area contributed by atoms with Crippen molar-refractivity contribution in [2.45, 2.75) is 13.8 Å². The normalized spacial score (nSPS) is 10.4. The molecule has 0 aliphatic heterocycles. The number of rotatable bonds is 2. The lowest BCUT2D eigenvalue weighted by Crippen LogP contribution is -2.09. The van der Waals surface area contributed by atoms with E-state index in [1.54, 1.807) is 13.1 Å². The highest BCUT2D eigenvalue weighted by molar-refractivity contribution is 5.96. The summed E-state index contributed by atoms with van der Waals surface area (Å²) in [6.07, 6.45) is 1.70. The molecule has 0 atom stereocenters. The number of carbonyl (C=O) groups is 1. The van der Waals surface area contributed by atoms with Gasteiger partial charge in [-0.05, 0) is 24.8 Å². The molecular weight excluding hydrogens is 202 g/mol. The van der Waals surface area contributed by atoms with E-state index < -0.39 is 0 Å². The molecule has 0 saturated heterocycles. The Morgan fingerprint density at radius 1 is 1.38 bits per heavy atom. The molecule has 3 heteroatoms. The Bertz CT molecular complexity index is 534. The summed E-state index contributed by atoms with van der Waals surface area (Å²) in [5.41, 5.74) is 1.28. The SMILES string of the molecule is CCOC(=O)c1ncc2ccccc2c1C. The minimum atomic E-state index is -0.356. The van der Waals surface area contributed by atoms with Crippen LogP contribution < -0.4 is 0 Å². The maximum absolute atomic E-state index is 11.6. The highest BCUT2D eigenvalue weighted by Gasteiger charge is 2.13. The van der Waals surface area contributed by atoms with Gasteiger partial charge in [0.25, 0.3) is 0 Å². The highest BCUT2D eigenvalue weighted by atomic mass is 16.5. The molecule has 3 nitrogen and oxygen atoms in total. The van der Waals surface area contributed by atoms with Crippen LogP contribution in [0.1, 0.15) is 23.0 Å². The molecule has 0 N–H and O–H groups in total. The Labute approximate surface area is 94.1 Å². The molecule has 2 rings (SSSR count). The lowest BCUT2D eigenvalue weighted by molar-refractivity contribution is 0.0519. The minimum Gasteiger partial charge on any atom is -0.461 e. The zero-order valence-corrected chi connectivity index (χ0v) is 9.36. The van der Waals surface area contributed by atoms with E-state index >= 15 is 0 Å². The standard InChI is InChI=1S/C13H13NO2/c1-3-16-13(15)12-9(2)11-7-5-4-6-10(11)8-14-12/h4-8H,3H2,1-2H3. The van der Waals surface area contributed by atoms with Gasteiger partial charge in [-0.2, -0.15) is 0 Å². The van der Waals surface area contributed by atoms with Gasteiger partial charge in [0.05, 0.1) is 6.61 Å². The van der Waals surface area contributed by atoms with E-state index in [0.29, 0.717) is 12.3 Å². The van der Waals surface area contributed by atoms with Crippen LogP contribution in [0, 0.1) is 6.92 Å². The molecule has 0 bridgehead atoms. The maximum Gasteiger partial charge on any atom is 0.357 e. The second-order valence-electron chi connectivity index (χ2n) is 3.54. The monoisotopic (exact) mass is 215 g/mol. The van der Waals surface area contributed by atoms with Gasteiger partial charge in [-0.3, -0.25) is 0 Å². The van der Waals surface area contributed by atoms with Crippen LogP contribution >= 0.6 is 0 Å². The molecule has 0 radical (unpaired) electrons. The van der Waals surface area contributed by atoms with Gasteiger partial charge >= 0.3 is 5.97 Å². The average molecular weight is 215 g/mol. The Hall–Kier alpha value is -1.90. The number of esters is 1. The lowest BCUT2D eigenvalue weighted by atomic mass is 10.1. The van der Waals surface area contributed by atoms with Crippen LogP contribution in [0.15, 0.2) is 30.5 Å². The Morgan fingerprint density at radius 3 is 2.88 bits per heavy atom. The molecule has 0 aliphatic rings. The molecular formula is C13H13NO2. The lowest BCUT2D eigenvalue weighted by Gasteiger charge is -2.07. The molecule has 0 saturated carbocycles. The van der Waals surface area contributed by atoms with E-state index in [2.05, 4.69) is 4.98 Å². The summed E-state index contributed by atoms with van der Waals surface area (Å²) >= 11 is 0. The summed E-state index contributed by atoms with van der Waals surface area (Å²) in [5.74, 6) is -0.356. The number of hydrogen-bond acceptors (Lipinski definition) is 3. The molecule has 16 heavy (non-hydrogen) atoms. The predicted octanol–water partition coefficient (Wildman–Crippen LogP) is 2.72. The second kappa shape index (κ2) is 4.31. The molecule has 1 heterocycles. The van der Waals surface area contributed by atoms with Gasteiger partial charge in [-0.25, -0.2) is 9.78 Å². The molecule has 0 fully saturated rings. The fraction of sp³-hybridized carbons (Fsp3) is 0.231. The number of hydrogen-bond donors (Lipinski definition) is 0. The molecule has 1 aromatic heterocycles. The zero-order valence-electron chi connectivity index (χ0n) is 9.36. The minimum absolute atomic E-state index is 0.356. The third-order valence-electron chi connectivity index (χ3n) is 2.52. The molecule has 0 aliphatic carbocycles. The number of pyridine rings is 1. The maximum atomic E-state index is 11.6. The van der Waals surface area contributed by atoms with Crippen LogP contribution in [0.4, 0.5) is 0 Å². The topological polar surface area (TPSA) is 39.2 Å². The number of aromatic nitrogens is 1. The van der Waals surface area contributed by atoms with Gasteiger partial charge in [-0.15, -0.1) is 0 Å². The van der Waals surface area contributed by atoms with Crippen LogP contribution in [0.3, 0.4) is 0 Å². The van der Waals surface area contributed by atoms with Gasteiger partial charge in [0.1, 0.15) is 0 Å². The number of ether oxygens (including phenoxy) is 1. The Balaban J connectivity index is 2.56. The van der Waals surface area contributed by atoms with Gasteiger partial charge in [-0.1, -0.05) is 24.3 Å². The first-order valence-electron chi connectivity index (χ1n) is 5.25. The number of carbonyl (C=O) groups excluding carboxylic acids is 1. The predicted molar refractivity (Wildman–Crippen MR) is 62.4 cm³/mol. The van der Waals surface area contributed by atoms with Crippen molar-refractivity contribution in [3.8, 4) is 0 Å². The molecule has 0 unspecified atom stereocenters. The summed E-state index contributed by atoms with van der Waals surface area (Å²) < 4.78 is 4.96. The summed E-state index contributed by atoms with van der Waals surface area (Å²) in [5, 5.41) is 2.08. The van der Waals surface area contributed by atoms with Gasteiger partial charge in [0, 0.05) is 11.6 Å². The number of nitrogens with zero attached hydrogens (tertiary/aromatic N) is 1. The Morgan fingerprint density at radius 2 is 2.12 bits per heavy atom. The summed E-state index contributed by atoms with van der Waals surface area (Å²) in [6, 6.07) is 7.86. The Kier molecular flexibility index (Phi) is 2.86. The summed E-state index contributed by atoms with van der Waals surface area (Å²) in [6.45, 7) is 4.04. The number of benzene rings is 1. The van der Waals surface area contributed by atoms with Crippen molar-refractivity contribution in [1.29, 1.82) is 0 Å². The van der Waals surface area contributed by atoms with E-state index in [1.807, 2.05) is 31.2 Å². The van der Waals surface area contributed by atoms with Crippen molar-refractivity contribution < 1.29 is 9.53 Å². The van der Waals surface area contributed by atoms with Crippen molar-refractivity contribution in [1.82, 2.24) is 4.98 Å². The smallest absolute Gasteiger partial charge is 0.357 e. The van der Waals surface area contributed by atoms with Crippen molar-refractivity contribution in [3.05, 3.63) is 41.7 Å². The molecule has 0 amide bonds. The molecule has 0 spiro atoms. The summed E-state index contributed by atoms with van der Waals surface area (Å²) in [7, 11) is 0. The first-order chi connectivity index (χ1) is 7.74. The second-order valence-corrected chi connectivity index (χ2v) is 3.54. The number of aryl methyl sites for hydroxylation is 1. The van der Waals surface area contributed by atoms with Crippen molar-refractivity contribution in [2.75, 3.05) is 6.61 Å². The molecule has 1 aromatic carbocycles. The molecule has 82 valence electrons. The van der Waals surface area contributed by atoms with Crippen molar-refractivity contribution in [3.63, 3.8) is 0 Å². The largest absolute Gasteiger partial charge is 0.461 e. The van der Waals surface area contributed by atoms with E-state index in [1.165, 1.54) is 0 Å². The van der Waals surface area contributed by atoms with E-state index in [0.717, 1.165) is 16.3 Å². The third kappa shape index (κ3) is 1.76. The van der Waals surface area contributed by atoms with Crippen molar-refractivity contribution in [2.24, 2.45) is 0 Å². The van der Waals surface area contributed by atoms with Crippen LogP contribution in [0.25, 0.3) is 10.8 Å². The fourth-order valence-electron chi connectivity index (χ4n) is 1.71. The summed E-state index contributed by atoms with van der Waals surface area (Å²) in [4.78, 5) is 15.8. The van der Waals surface area contributed by atoms with E-state index in [9.17, 15) is 4.79 Å². The fourth-order valence-corrected chi connectivity index (χ4v) is 1.71. The third-order valence-corrected chi connectivity index (χ3v) is 2.52. The van der Waals surface area contributed by atoms with E-state index in [4.69, 9.17) is 4.74 Å². The van der Waals surface area contributed by atoms with Gasteiger partial charge in [0.2, 0.25) is 0 Å². The average Bonchev–Trinajstić information content (AvgIpc) is 2.30. The van der Waals surface area contributed by atoms with Crippen LogP contribution in [-0.2, 0) is 4.74 Å². The quantitative estimate of drug-likeness (QED) is 0.723. The van der Waals surface area contributed by atoms with Gasteiger partial charge in [0.15, 0.2) is 5.69 Å². The van der Waals surface area contributed by atoms with Crippen LogP contribution in [-0.4, -0.2) is 17.6 Å². The number of fused-ring (bicyclic) bond motifs is 1. The van der Waals surface area contributed by atoms with E-state index in [-0.39, 0.29) is 5.97 Å². The van der Waals surface area contributed by atoms with Crippen LogP contribution in [0.5, 0.6) is 0 Å². The molecule has 2 aromatic rings. The first kappa shape index (κ1) is 10.6. The first-order valence-corrected chi connectivity index (χ1v) is 5.25. The zero-order chi connectivity index (χ0) is 11.5. The van der Waals surface area contributed by atoms with Gasteiger partial charge < -0.3 is 4.74 Å².